The molecule has 0 radical (unpaired) electrons. The highest BCUT2D eigenvalue weighted by molar-refractivity contribution is 5.82. The second-order valence-corrected chi connectivity index (χ2v) is 6.11. The third-order valence-corrected chi connectivity index (χ3v) is 4.65. The van der Waals surface area contributed by atoms with E-state index < -0.39 is 0 Å². The highest BCUT2D eigenvalue weighted by atomic mass is 16.3. The Hall–Kier alpha value is -2.11. The van der Waals surface area contributed by atoms with Crippen LogP contribution in [-0.4, -0.2) is 46.6 Å². The van der Waals surface area contributed by atoms with Gasteiger partial charge in [0.25, 0.3) is 0 Å². The monoisotopic (exact) mass is 328 g/mol. The summed E-state index contributed by atoms with van der Waals surface area (Å²) in [4.78, 5) is 17.0. The molecule has 1 aliphatic heterocycles. The molecule has 0 fully saturated rings. The summed E-state index contributed by atoms with van der Waals surface area (Å²) in [5.74, 6) is 0.785. The van der Waals surface area contributed by atoms with Crippen LogP contribution in [0.25, 0.3) is 0 Å². The Bertz CT molecular complexity index is 669. The summed E-state index contributed by atoms with van der Waals surface area (Å²) in [6.07, 6.45) is 2.31. The van der Waals surface area contributed by atoms with E-state index >= 15 is 0 Å². The lowest BCUT2D eigenvalue weighted by atomic mass is 9.93. The van der Waals surface area contributed by atoms with Gasteiger partial charge in [-0.25, -0.2) is 0 Å². The van der Waals surface area contributed by atoms with Gasteiger partial charge in [-0.2, -0.15) is 0 Å². The molecule has 1 aromatic heterocycles. The average molecular weight is 328 g/mol. The van der Waals surface area contributed by atoms with Gasteiger partial charge in [-0.3, -0.25) is 9.69 Å². The van der Waals surface area contributed by atoms with E-state index in [1.165, 1.54) is 11.1 Å². The molecule has 1 N–H and O–H groups in total. The maximum Gasteiger partial charge on any atom is 0.240 e. The molecule has 1 aliphatic rings. The summed E-state index contributed by atoms with van der Waals surface area (Å²) in [6.45, 7) is 4.34. The first-order valence-corrected chi connectivity index (χ1v) is 8.45. The molecule has 5 heteroatoms. The molecule has 0 saturated carbocycles. The normalized spacial score (nSPS) is 17.5. The number of hydrogen-bond donors (Lipinski definition) is 1. The van der Waals surface area contributed by atoms with Gasteiger partial charge in [0.05, 0.1) is 25.5 Å². The zero-order valence-corrected chi connectivity index (χ0v) is 14.0. The van der Waals surface area contributed by atoms with E-state index in [1.807, 2.05) is 24.3 Å². The van der Waals surface area contributed by atoms with Crippen LogP contribution in [0.4, 0.5) is 0 Å². The third-order valence-electron chi connectivity index (χ3n) is 4.65. The van der Waals surface area contributed by atoms with Crippen LogP contribution in [0, 0.1) is 0 Å². The molecule has 0 saturated heterocycles. The zero-order valence-electron chi connectivity index (χ0n) is 14.0. The smallest absolute Gasteiger partial charge is 0.240 e. The van der Waals surface area contributed by atoms with Gasteiger partial charge in [-0.05, 0) is 36.2 Å². The highest BCUT2D eigenvalue weighted by Crippen LogP contribution is 2.24. The van der Waals surface area contributed by atoms with Gasteiger partial charge in [0.15, 0.2) is 0 Å². The minimum absolute atomic E-state index is 0.0526. The predicted octanol–water partition coefficient (Wildman–Crippen LogP) is 2.05. The lowest BCUT2D eigenvalue weighted by molar-refractivity contribution is -0.139. The Morgan fingerprint density at radius 2 is 2.08 bits per heavy atom. The summed E-state index contributed by atoms with van der Waals surface area (Å²) in [7, 11) is 0. The number of aliphatic hydroxyl groups excluding tert-OH is 1. The lowest BCUT2D eigenvalue weighted by Crippen LogP contribution is -2.51. The second-order valence-electron chi connectivity index (χ2n) is 6.11. The van der Waals surface area contributed by atoms with Crippen molar-refractivity contribution in [2.45, 2.75) is 32.5 Å². The average Bonchev–Trinajstić information content (AvgIpc) is 3.12. The SMILES string of the molecule is CCN1Cc2ccccc2C[C@@H]1C(=O)N(CCO)Cc1ccco1. The zero-order chi connectivity index (χ0) is 16.9. The lowest BCUT2D eigenvalue weighted by Gasteiger charge is -2.37. The number of aliphatic hydroxyl groups is 1. The van der Waals surface area contributed by atoms with Gasteiger partial charge >= 0.3 is 0 Å². The van der Waals surface area contributed by atoms with Crippen molar-refractivity contribution in [1.29, 1.82) is 0 Å². The minimum atomic E-state index is -0.189. The molecule has 5 nitrogen and oxygen atoms in total. The van der Waals surface area contributed by atoms with Crippen LogP contribution in [0.2, 0.25) is 0 Å². The van der Waals surface area contributed by atoms with Crippen LogP contribution >= 0.6 is 0 Å². The molecular formula is C19H24N2O3. The fourth-order valence-corrected chi connectivity index (χ4v) is 3.34. The maximum atomic E-state index is 13.1. The number of rotatable bonds is 6. The third kappa shape index (κ3) is 3.52. The largest absolute Gasteiger partial charge is 0.467 e. The van der Waals surface area contributed by atoms with E-state index in [2.05, 4.69) is 24.0 Å². The molecule has 0 bridgehead atoms. The Morgan fingerprint density at radius 3 is 2.75 bits per heavy atom. The van der Waals surface area contributed by atoms with E-state index in [9.17, 15) is 9.90 Å². The number of carbonyl (C=O) groups excluding carboxylic acids is 1. The van der Waals surface area contributed by atoms with Gasteiger partial charge in [0, 0.05) is 13.1 Å². The number of likely N-dealkylation sites (N-methyl/N-ethyl adjacent to an activating group) is 1. The number of hydrogen-bond acceptors (Lipinski definition) is 4. The van der Waals surface area contributed by atoms with Crippen molar-refractivity contribution in [1.82, 2.24) is 9.80 Å². The summed E-state index contributed by atoms with van der Waals surface area (Å²) in [5.41, 5.74) is 2.53. The van der Waals surface area contributed by atoms with Crippen molar-refractivity contribution in [2.24, 2.45) is 0 Å². The second kappa shape index (κ2) is 7.64. The summed E-state index contributed by atoms with van der Waals surface area (Å²) in [6, 6.07) is 11.8. The van der Waals surface area contributed by atoms with Gasteiger partial charge < -0.3 is 14.4 Å². The molecule has 0 aliphatic carbocycles. The Kier molecular flexibility index (Phi) is 5.33. The molecular weight excluding hydrogens is 304 g/mol. The van der Waals surface area contributed by atoms with Crippen molar-refractivity contribution in [3.05, 3.63) is 59.5 Å². The Balaban J connectivity index is 1.80. The van der Waals surface area contributed by atoms with Crippen LogP contribution in [0.15, 0.2) is 47.1 Å². The molecule has 3 rings (SSSR count). The predicted molar refractivity (Wildman–Crippen MR) is 91.2 cm³/mol. The Morgan fingerprint density at radius 1 is 1.29 bits per heavy atom. The number of carbonyl (C=O) groups is 1. The number of benzene rings is 1. The number of nitrogens with zero attached hydrogens (tertiary/aromatic N) is 2. The van der Waals surface area contributed by atoms with Crippen molar-refractivity contribution in [2.75, 3.05) is 19.7 Å². The number of furan rings is 1. The molecule has 128 valence electrons. The van der Waals surface area contributed by atoms with Crippen LogP contribution in [-0.2, 0) is 24.3 Å². The summed E-state index contributed by atoms with van der Waals surface area (Å²) < 4.78 is 5.37. The molecule has 1 atom stereocenters. The van der Waals surface area contributed by atoms with Crippen molar-refractivity contribution in [3.8, 4) is 0 Å². The van der Waals surface area contributed by atoms with E-state index in [0.717, 1.165) is 18.8 Å². The number of fused-ring (bicyclic) bond motifs is 1. The minimum Gasteiger partial charge on any atom is -0.467 e. The van der Waals surface area contributed by atoms with E-state index in [1.54, 1.807) is 11.2 Å². The maximum absolute atomic E-state index is 13.1. The van der Waals surface area contributed by atoms with E-state index in [-0.39, 0.29) is 18.6 Å². The van der Waals surface area contributed by atoms with Gasteiger partial charge in [-0.1, -0.05) is 31.2 Å². The van der Waals surface area contributed by atoms with Gasteiger partial charge in [0.1, 0.15) is 5.76 Å². The summed E-state index contributed by atoms with van der Waals surface area (Å²) >= 11 is 0. The van der Waals surface area contributed by atoms with Crippen LogP contribution in [0.3, 0.4) is 0 Å². The standard InChI is InChI=1S/C19H24N2O3/c1-2-20-13-16-7-4-3-6-15(16)12-18(20)19(23)21(9-10-22)14-17-8-5-11-24-17/h3-8,11,18,22H,2,9-10,12-14H2,1H3/t18-/m1/s1. The van der Waals surface area contributed by atoms with Gasteiger partial charge in [0.2, 0.25) is 5.91 Å². The first-order chi connectivity index (χ1) is 11.7. The molecule has 2 heterocycles. The van der Waals surface area contributed by atoms with E-state index in [0.29, 0.717) is 19.5 Å². The van der Waals surface area contributed by atoms with Gasteiger partial charge in [-0.15, -0.1) is 0 Å². The summed E-state index contributed by atoms with van der Waals surface area (Å²) in [5, 5.41) is 9.36. The van der Waals surface area contributed by atoms with Crippen LogP contribution < -0.4 is 0 Å². The first-order valence-electron chi connectivity index (χ1n) is 8.45. The molecule has 1 amide bonds. The topological polar surface area (TPSA) is 56.9 Å². The van der Waals surface area contributed by atoms with Crippen molar-refractivity contribution in [3.63, 3.8) is 0 Å². The molecule has 2 aromatic rings. The van der Waals surface area contributed by atoms with E-state index in [4.69, 9.17) is 4.42 Å². The fraction of sp³-hybridized carbons (Fsp3) is 0.421. The number of amides is 1. The molecule has 24 heavy (non-hydrogen) atoms. The highest BCUT2D eigenvalue weighted by Gasteiger charge is 2.33. The quantitative estimate of drug-likeness (QED) is 0.882. The van der Waals surface area contributed by atoms with Crippen molar-refractivity contribution >= 4 is 5.91 Å². The molecule has 0 spiro atoms. The first kappa shape index (κ1) is 16.7. The molecule has 1 aromatic carbocycles. The van der Waals surface area contributed by atoms with Crippen LogP contribution in [0.5, 0.6) is 0 Å². The molecule has 0 unspecified atom stereocenters. The fourth-order valence-electron chi connectivity index (χ4n) is 3.34. The Labute approximate surface area is 142 Å². The van der Waals surface area contributed by atoms with Crippen molar-refractivity contribution < 1.29 is 14.3 Å². The van der Waals surface area contributed by atoms with Crippen LogP contribution in [0.1, 0.15) is 23.8 Å².